The molecular formula is C6H8F3O. The monoisotopic (exact) mass is 153 g/mol. The third kappa shape index (κ3) is 2.17. The minimum absolute atomic E-state index is 0.458. The minimum Gasteiger partial charge on any atom is -0.289 e. The number of alkyl halides is 3. The van der Waals surface area contributed by atoms with Gasteiger partial charge in [-0.3, -0.25) is 4.74 Å². The zero-order valence-corrected chi connectivity index (χ0v) is 5.53. The van der Waals surface area contributed by atoms with E-state index in [2.05, 4.69) is 4.74 Å². The molecule has 10 heavy (non-hydrogen) atoms. The van der Waals surface area contributed by atoms with Gasteiger partial charge in [-0.2, -0.15) is 0 Å². The van der Waals surface area contributed by atoms with Crippen molar-refractivity contribution < 1.29 is 17.9 Å². The summed E-state index contributed by atoms with van der Waals surface area (Å²) in [4.78, 5) is 0. The average molecular weight is 153 g/mol. The molecule has 0 heterocycles. The Bertz CT molecular complexity index is 115. The van der Waals surface area contributed by atoms with E-state index in [0.717, 1.165) is 5.92 Å². The first kappa shape index (κ1) is 7.85. The van der Waals surface area contributed by atoms with Gasteiger partial charge in [-0.25, -0.2) is 0 Å². The molecule has 1 rings (SSSR count). The van der Waals surface area contributed by atoms with Gasteiger partial charge in [-0.1, -0.05) is 6.92 Å². The molecule has 0 atom stereocenters. The molecular weight excluding hydrogens is 145 g/mol. The van der Waals surface area contributed by atoms with Crippen LogP contribution in [0.25, 0.3) is 0 Å². The largest absolute Gasteiger partial charge is 0.522 e. The molecule has 0 bridgehead atoms. The van der Waals surface area contributed by atoms with Gasteiger partial charge in [-0.15, -0.1) is 13.2 Å². The Balaban J connectivity index is 2.16. The normalized spacial score (nSPS) is 22.8. The highest BCUT2D eigenvalue weighted by molar-refractivity contribution is 5.00. The highest BCUT2D eigenvalue weighted by Gasteiger charge is 2.38. The molecule has 0 aliphatic heterocycles. The molecule has 0 saturated heterocycles. The van der Waals surface area contributed by atoms with E-state index < -0.39 is 12.5 Å². The van der Waals surface area contributed by atoms with Crippen molar-refractivity contribution >= 4 is 0 Å². The molecule has 1 aliphatic rings. The van der Waals surface area contributed by atoms with E-state index in [-0.39, 0.29) is 0 Å². The number of rotatable bonds is 1. The van der Waals surface area contributed by atoms with Crippen LogP contribution >= 0.6 is 0 Å². The lowest BCUT2D eigenvalue weighted by atomic mass is 9.84. The summed E-state index contributed by atoms with van der Waals surface area (Å²) >= 11 is 0. The molecule has 4 heteroatoms. The quantitative estimate of drug-likeness (QED) is 0.561. The fourth-order valence-corrected chi connectivity index (χ4v) is 0.990. The van der Waals surface area contributed by atoms with E-state index in [9.17, 15) is 13.2 Å². The van der Waals surface area contributed by atoms with Gasteiger partial charge in [-0.05, 0) is 18.8 Å². The van der Waals surface area contributed by atoms with Gasteiger partial charge >= 0.3 is 6.36 Å². The van der Waals surface area contributed by atoms with Crippen LogP contribution in [0.5, 0.6) is 0 Å². The predicted octanol–water partition coefficient (Wildman–Crippen LogP) is 2.28. The van der Waals surface area contributed by atoms with E-state index in [1.54, 1.807) is 0 Å². The fraction of sp³-hybridized carbons (Fsp3) is 0.833. The van der Waals surface area contributed by atoms with Crippen molar-refractivity contribution in [1.82, 2.24) is 0 Å². The maximum absolute atomic E-state index is 11.4. The molecule has 0 aromatic rings. The summed E-state index contributed by atoms with van der Waals surface area (Å²) < 4.78 is 38.0. The van der Waals surface area contributed by atoms with Gasteiger partial charge in [0, 0.05) is 0 Å². The maximum Gasteiger partial charge on any atom is 0.522 e. The first-order valence-electron chi connectivity index (χ1n) is 3.03. The average Bonchev–Trinajstić information content (AvgIpc) is 1.57. The molecule has 1 saturated carbocycles. The van der Waals surface area contributed by atoms with Gasteiger partial charge in [0.05, 0.1) is 6.10 Å². The van der Waals surface area contributed by atoms with Crippen molar-refractivity contribution in [3.05, 3.63) is 5.92 Å². The lowest BCUT2D eigenvalue weighted by Gasteiger charge is -2.32. The zero-order valence-electron chi connectivity index (χ0n) is 5.53. The standard InChI is InChI=1S/C6H8F3O/c1-4-2-5(3-4)10-6(7,8)9/h5H,2-3H2,1H3. The van der Waals surface area contributed by atoms with E-state index >= 15 is 0 Å². The summed E-state index contributed by atoms with van der Waals surface area (Å²) in [6.07, 6.45) is -4.15. The fourth-order valence-electron chi connectivity index (χ4n) is 0.990. The van der Waals surface area contributed by atoms with Gasteiger partial charge < -0.3 is 0 Å². The predicted molar refractivity (Wildman–Crippen MR) is 29.1 cm³/mol. The first-order valence-corrected chi connectivity index (χ1v) is 3.03. The zero-order chi connectivity index (χ0) is 7.78. The Kier molecular flexibility index (Phi) is 1.90. The minimum atomic E-state index is -4.45. The van der Waals surface area contributed by atoms with Crippen LogP contribution in [0.15, 0.2) is 0 Å². The molecule has 0 amide bonds. The van der Waals surface area contributed by atoms with E-state index in [4.69, 9.17) is 0 Å². The van der Waals surface area contributed by atoms with E-state index in [1.807, 2.05) is 6.92 Å². The Morgan fingerprint density at radius 3 is 2.20 bits per heavy atom. The van der Waals surface area contributed by atoms with E-state index in [0.29, 0.717) is 12.8 Å². The highest BCUT2D eigenvalue weighted by atomic mass is 19.4. The smallest absolute Gasteiger partial charge is 0.289 e. The van der Waals surface area contributed by atoms with Crippen molar-refractivity contribution in [3.63, 3.8) is 0 Å². The summed E-state index contributed by atoms with van der Waals surface area (Å²) in [5.74, 6) is 1.08. The maximum atomic E-state index is 11.4. The number of hydrogen-bond donors (Lipinski definition) is 0. The second-order valence-corrected chi connectivity index (χ2v) is 2.55. The lowest BCUT2D eigenvalue weighted by molar-refractivity contribution is -0.348. The van der Waals surface area contributed by atoms with Crippen molar-refractivity contribution in [3.8, 4) is 0 Å². The van der Waals surface area contributed by atoms with Crippen LogP contribution in [0.3, 0.4) is 0 Å². The Morgan fingerprint density at radius 1 is 1.40 bits per heavy atom. The van der Waals surface area contributed by atoms with Crippen LogP contribution in [0.2, 0.25) is 0 Å². The van der Waals surface area contributed by atoms with E-state index in [1.165, 1.54) is 0 Å². The molecule has 1 radical (unpaired) electrons. The van der Waals surface area contributed by atoms with Crippen LogP contribution < -0.4 is 0 Å². The second-order valence-electron chi connectivity index (χ2n) is 2.55. The highest BCUT2D eigenvalue weighted by Crippen LogP contribution is 2.35. The third-order valence-corrected chi connectivity index (χ3v) is 1.45. The molecule has 1 nitrogen and oxygen atoms in total. The molecule has 0 unspecified atom stereocenters. The van der Waals surface area contributed by atoms with Crippen molar-refractivity contribution in [2.75, 3.05) is 0 Å². The first-order chi connectivity index (χ1) is 4.47. The summed E-state index contributed by atoms with van der Waals surface area (Å²) in [7, 11) is 0. The van der Waals surface area contributed by atoms with Crippen molar-refractivity contribution in [1.29, 1.82) is 0 Å². The lowest BCUT2D eigenvalue weighted by Crippen LogP contribution is -2.33. The summed E-state index contributed by atoms with van der Waals surface area (Å²) in [5.41, 5.74) is 0. The van der Waals surface area contributed by atoms with Crippen molar-refractivity contribution in [2.24, 2.45) is 0 Å². The van der Waals surface area contributed by atoms with Gasteiger partial charge in [0.2, 0.25) is 0 Å². The summed E-state index contributed by atoms with van der Waals surface area (Å²) in [6, 6.07) is 0. The molecule has 0 spiro atoms. The van der Waals surface area contributed by atoms with Crippen LogP contribution in [-0.4, -0.2) is 12.5 Å². The summed E-state index contributed by atoms with van der Waals surface area (Å²) in [5, 5.41) is 0. The number of ether oxygens (including phenoxy) is 1. The van der Waals surface area contributed by atoms with Gasteiger partial charge in [0.1, 0.15) is 0 Å². The van der Waals surface area contributed by atoms with Crippen LogP contribution in [-0.2, 0) is 4.74 Å². The Labute approximate surface area is 57.2 Å². The Morgan fingerprint density at radius 2 is 1.90 bits per heavy atom. The van der Waals surface area contributed by atoms with Crippen LogP contribution in [0.1, 0.15) is 19.8 Å². The summed E-state index contributed by atoms with van der Waals surface area (Å²) in [6.45, 7) is 1.83. The molecule has 59 valence electrons. The topological polar surface area (TPSA) is 9.23 Å². The van der Waals surface area contributed by atoms with Gasteiger partial charge in [0.15, 0.2) is 0 Å². The third-order valence-electron chi connectivity index (χ3n) is 1.45. The van der Waals surface area contributed by atoms with Crippen LogP contribution in [0, 0.1) is 5.92 Å². The molecule has 0 aromatic heterocycles. The molecule has 0 aromatic carbocycles. The Hall–Kier alpha value is -0.250. The molecule has 1 fully saturated rings. The number of hydrogen-bond acceptors (Lipinski definition) is 1. The second kappa shape index (κ2) is 2.42. The molecule has 0 N–H and O–H groups in total. The van der Waals surface area contributed by atoms with Crippen molar-refractivity contribution in [2.45, 2.75) is 32.2 Å². The molecule has 1 aliphatic carbocycles. The number of halogens is 3. The van der Waals surface area contributed by atoms with Gasteiger partial charge in [0.25, 0.3) is 0 Å². The SMILES string of the molecule is C[C]1CC(OC(F)(F)F)C1. The van der Waals surface area contributed by atoms with Crippen LogP contribution in [0.4, 0.5) is 13.2 Å².